The summed E-state index contributed by atoms with van der Waals surface area (Å²) in [7, 11) is 0. The Morgan fingerprint density at radius 1 is 1.29 bits per heavy atom. The molecule has 0 unspecified atom stereocenters. The number of aliphatic imine (C=N–C) groups is 1. The quantitative estimate of drug-likeness (QED) is 0.334. The van der Waals surface area contributed by atoms with E-state index in [1.165, 1.54) is 11.8 Å². The molecule has 0 amide bonds. The van der Waals surface area contributed by atoms with Gasteiger partial charge in [0.2, 0.25) is 0 Å². The highest BCUT2D eigenvalue weighted by atomic mass is 16.3. The third-order valence-electron chi connectivity index (χ3n) is 3.55. The second kappa shape index (κ2) is 6.41. The summed E-state index contributed by atoms with van der Waals surface area (Å²) in [6.45, 7) is 3.75. The Balaban J connectivity index is 2.28. The van der Waals surface area contributed by atoms with Gasteiger partial charge in [0.25, 0.3) is 0 Å². The molecule has 0 aliphatic rings. The number of amidine groups is 1. The van der Waals surface area contributed by atoms with Crippen LogP contribution in [0.25, 0.3) is 17.1 Å². The number of benzene rings is 1. The first-order valence-corrected chi connectivity index (χ1v) is 7.38. The molecule has 0 aliphatic heterocycles. The van der Waals surface area contributed by atoms with E-state index in [4.69, 9.17) is 16.0 Å². The number of oxazole rings is 1. The van der Waals surface area contributed by atoms with E-state index >= 15 is 0 Å². The minimum absolute atomic E-state index is 0.427. The summed E-state index contributed by atoms with van der Waals surface area (Å²) in [6.07, 6.45) is 6.45. The number of hydrogen-bond acceptors (Lipinski definition) is 5. The Labute approximate surface area is 139 Å². The molecule has 7 nitrogen and oxygen atoms in total. The van der Waals surface area contributed by atoms with Crippen LogP contribution in [-0.4, -0.2) is 20.9 Å². The van der Waals surface area contributed by atoms with E-state index in [2.05, 4.69) is 15.1 Å². The van der Waals surface area contributed by atoms with Crippen molar-refractivity contribution < 1.29 is 4.42 Å². The minimum atomic E-state index is 0.427. The van der Waals surface area contributed by atoms with Gasteiger partial charge >= 0.3 is 5.84 Å². The number of fused-ring (bicyclic) bond motifs is 1. The molecule has 0 radical (unpaired) electrons. The molecular formula is C17H18N6O. The van der Waals surface area contributed by atoms with E-state index in [1.807, 2.05) is 35.6 Å². The van der Waals surface area contributed by atoms with Crippen molar-refractivity contribution in [1.29, 1.82) is 0 Å². The number of nitrogens with two attached hydrogens (primary N) is 2. The predicted molar refractivity (Wildman–Crippen MR) is 94.8 cm³/mol. The summed E-state index contributed by atoms with van der Waals surface area (Å²) in [4.78, 5) is 9.01. The molecule has 0 aliphatic carbocycles. The maximum absolute atomic E-state index is 5.60. The summed E-state index contributed by atoms with van der Waals surface area (Å²) < 4.78 is 7.25. The lowest BCUT2D eigenvalue weighted by molar-refractivity contribution is 0.596. The highest BCUT2D eigenvalue weighted by Crippen LogP contribution is 2.26. The molecule has 3 rings (SSSR count). The zero-order valence-electron chi connectivity index (χ0n) is 13.5. The van der Waals surface area contributed by atoms with Gasteiger partial charge < -0.3 is 16.0 Å². The SMILES string of the molecule is CC(=NN)N=C(C=CN)c1c(-c2ccc(C)cc2)nc2occn12. The Bertz CT molecular complexity index is 943. The molecule has 0 atom stereocenters. The van der Waals surface area contributed by atoms with E-state index in [0.717, 1.165) is 17.0 Å². The number of hydrazone groups is 1. The number of nitrogens with zero attached hydrogens (tertiary/aromatic N) is 4. The van der Waals surface area contributed by atoms with Crippen molar-refractivity contribution >= 4 is 17.4 Å². The minimum Gasteiger partial charge on any atom is -0.432 e. The number of aromatic nitrogens is 2. The van der Waals surface area contributed by atoms with E-state index < -0.39 is 0 Å². The average Bonchev–Trinajstić information content (AvgIpc) is 3.15. The van der Waals surface area contributed by atoms with Gasteiger partial charge in [-0.1, -0.05) is 29.8 Å². The molecule has 2 aromatic heterocycles. The molecule has 2 heterocycles. The van der Waals surface area contributed by atoms with Crippen LogP contribution in [-0.2, 0) is 0 Å². The smallest absolute Gasteiger partial charge is 0.306 e. The maximum atomic E-state index is 5.60. The van der Waals surface area contributed by atoms with E-state index in [1.54, 1.807) is 25.5 Å². The highest BCUT2D eigenvalue weighted by molar-refractivity contribution is 6.15. The number of imidazole rings is 1. The van der Waals surface area contributed by atoms with E-state index in [0.29, 0.717) is 17.4 Å². The van der Waals surface area contributed by atoms with Gasteiger partial charge in [0.1, 0.15) is 23.5 Å². The Kier molecular flexibility index (Phi) is 4.15. The van der Waals surface area contributed by atoms with Crippen LogP contribution in [0, 0.1) is 6.92 Å². The third-order valence-corrected chi connectivity index (χ3v) is 3.55. The summed E-state index contributed by atoms with van der Waals surface area (Å²) in [5.41, 5.74) is 9.81. The molecule has 4 N–H and O–H groups in total. The molecular weight excluding hydrogens is 304 g/mol. The standard InChI is InChI=1S/C17H18N6O/c1-11-3-5-13(6-4-11)15-16(23-9-10-24-17(23)21-15)14(7-8-18)20-12(2)22-19/h3-10H,18-19H2,1-2H3. The van der Waals surface area contributed by atoms with Crippen LogP contribution in [0.1, 0.15) is 18.2 Å². The highest BCUT2D eigenvalue weighted by Gasteiger charge is 2.19. The third kappa shape index (κ3) is 2.79. The Morgan fingerprint density at radius 3 is 2.71 bits per heavy atom. The van der Waals surface area contributed by atoms with Crippen molar-refractivity contribution in [2.75, 3.05) is 0 Å². The molecule has 3 aromatic rings. The summed E-state index contributed by atoms with van der Waals surface area (Å²) >= 11 is 0. The number of aryl methyl sites for hydroxylation is 1. The molecule has 0 saturated heterocycles. The Morgan fingerprint density at radius 2 is 2.04 bits per heavy atom. The van der Waals surface area contributed by atoms with Crippen LogP contribution in [0.4, 0.5) is 0 Å². The van der Waals surface area contributed by atoms with E-state index in [9.17, 15) is 0 Å². The zero-order valence-corrected chi connectivity index (χ0v) is 13.5. The lowest BCUT2D eigenvalue weighted by Gasteiger charge is -2.05. The van der Waals surface area contributed by atoms with Gasteiger partial charge in [0, 0.05) is 11.8 Å². The van der Waals surface area contributed by atoms with Gasteiger partial charge in [-0.25, -0.2) is 4.99 Å². The fourth-order valence-electron chi connectivity index (χ4n) is 2.41. The fraction of sp³-hybridized carbons (Fsp3) is 0.118. The summed E-state index contributed by atoms with van der Waals surface area (Å²) in [6, 6.07) is 8.08. The summed E-state index contributed by atoms with van der Waals surface area (Å²) in [5.74, 6) is 6.21. The van der Waals surface area contributed by atoms with E-state index in [-0.39, 0.29) is 0 Å². The first-order valence-electron chi connectivity index (χ1n) is 7.38. The van der Waals surface area contributed by atoms with Crippen molar-refractivity contribution in [3.8, 4) is 11.3 Å². The molecule has 7 heteroatoms. The zero-order chi connectivity index (χ0) is 17.1. The number of rotatable bonds is 3. The van der Waals surface area contributed by atoms with Crippen molar-refractivity contribution in [2.45, 2.75) is 13.8 Å². The number of allylic oxidation sites excluding steroid dienone is 1. The Hall–Kier alpha value is -3.35. The maximum Gasteiger partial charge on any atom is 0.306 e. The van der Waals surface area contributed by atoms with Crippen LogP contribution in [0.2, 0.25) is 0 Å². The second-order valence-electron chi connectivity index (χ2n) is 5.26. The molecule has 0 spiro atoms. The predicted octanol–water partition coefficient (Wildman–Crippen LogP) is 2.46. The lowest BCUT2D eigenvalue weighted by Crippen LogP contribution is -2.07. The van der Waals surface area contributed by atoms with Crippen molar-refractivity contribution in [1.82, 2.24) is 9.38 Å². The normalized spacial score (nSPS) is 13.2. The first kappa shape index (κ1) is 15.5. The van der Waals surface area contributed by atoms with Crippen LogP contribution in [0.3, 0.4) is 0 Å². The van der Waals surface area contributed by atoms with Gasteiger partial charge in [-0.15, -0.1) is 0 Å². The van der Waals surface area contributed by atoms with Crippen LogP contribution >= 0.6 is 0 Å². The lowest BCUT2D eigenvalue weighted by atomic mass is 10.1. The van der Waals surface area contributed by atoms with Crippen molar-refractivity contribution in [3.05, 3.63) is 60.3 Å². The number of hydrogen-bond donors (Lipinski definition) is 2. The van der Waals surface area contributed by atoms with Gasteiger partial charge in [-0.2, -0.15) is 10.1 Å². The largest absolute Gasteiger partial charge is 0.432 e. The molecule has 0 bridgehead atoms. The van der Waals surface area contributed by atoms with Gasteiger partial charge in [-0.3, -0.25) is 4.40 Å². The van der Waals surface area contributed by atoms with Gasteiger partial charge in [0.15, 0.2) is 0 Å². The van der Waals surface area contributed by atoms with Gasteiger partial charge in [0.05, 0.1) is 5.71 Å². The van der Waals surface area contributed by atoms with Crippen LogP contribution in [0.5, 0.6) is 0 Å². The molecule has 0 saturated carbocycles. The fourth-order valence-corrected chi connectivity index (χ4v) is 2.41. The molecule has 122 valence electrons. The first-order chi connectivity index (χ1) is 11.6. The average molecular weight is 322 g/mol. The topological polar surface area (TPSA) is 107 Å². The summed E-state index contributed by atoms with van der Waals surface area (Å²) in [5, 5.41) is 3.60. The molecule has 1 aromatic carbocycles. The second-order valence-corrected chi connectivity index (χ2v) is 5.26. The molecule has 0 fully saturated rings. The van der Waals surface area contributed by atoms with Crippen molar-refractivity contribution in [2.24, 2.45) is 21.7 Å². The van der Waals surface area contributed by atoms with Crippen LogP contribution in [0.15, 0.2) is 63.5 Å². The monoisotopic (exact) mass is 322 g/mol. The van der Waals surface area contributed by atoms with Crippen molar-refractivity contribution in [3.63, 3.8) is 0 Å². The molecule has 24 heavy (non-hydrogen) atoms. The van der Waals surface area contributed by atoms with Crippen LogP contribution < -0.4 is 11.6 Å². The van der Waals surface area contributed by atoms with Gasteiger partial charge in [-0.05, 0) is 26.1 Å².